The van der Waals surface area contributed by atoms with Crippen LogP contribution in [0.25, 0.3) is 0 Å². The molecular weight excluding hydrogens is 266 g/mol. The number of hydrogen-bond donors (Lipinski definition) is 2. The van der Waals surface area contributed by atoms with Crippen molar-refractivity contribution in [3.8, 4) is 11.5 Å². The third-order valence-electron chi connectivity index (χ3n) is 2.97. The second-order valence-electron chi connectivity index (χ2n) is 4.61. The summed E-state index contributed by atoms with van der Waals surface area (Å²) in [6, 6.07) is 3.96. The Bertz CT molecular complexity index is 499. The van der Waals surface area contributed by atoms with E-state index >= 15 is 0 Å². The van der Waals surface area contributed by atoms with Gasteiger partial charge in [0.2, 0.25) is 0 Å². The Balaban J connectivity index is 2.97. The van der Waals surface area contributed by atoms with Crippen molar-refractivity contribution in [2.45, 2.75) is 26.3 Å². The number of ether oxygens (including phenoxy) is 2. The molecule has 0 fully saturated rings. The van der Waals surface area contributed by atoms with Crippen molar-refractivity contribution in [3.05, 3.63) is 35.9 Å². The highest BCUT2D eigenvalue weighted by Crippen LogP contribution is 2.33. The van der Waals surface area contributed by atoms with Crippen LogP contribution in [0.15, 0.2) is 29.8 Å². The highest BCUT2D eigenvalue weighted by atomic mass is 16.5. The van der Waals surface area contributed by atoms with Crippen LogP contribution in [0.1, 0.15) is 24.5 Å². The average molecular weight is 291 g/mol. The first-order valence-corrected chi connectivity index (χ1v) is 7.04. The van der Waals surface area contributed by atoms with Crippen LogP contribution in [0.3, 0.4) is 0 Å². The first-order chi connectivity index (χ1) is 10.2. The first-order valence-electron chi connectivity index (χ1n) is 7.04. The molecule has 0 heterocycles. The van der Waals surface area contributed by atoms with Gasteiger partial charge >= 0.3 is 0 Å². The lowest BCUT2D eigenvalue weighted by molar-refractivity contribution is 0.352. The van der Waals surface area contributed by atoms with E-state index < -0.39 is 0 Å². The molecule has 0 saturated heterocycles. The number of benzene rings is 1. The van der Waals surface area contributed by atoms with Crippen LogP contribution in [0, 0.1) is 0 Å². The van der Waals surface area contributed by atoms with E-state index in [1.54, 1.807) is 14.2 Å². The standard InChI is InChI=1S/C16H25N3O2/c1-5-7-13-9-12(10-14(20-3)15(13)21-4)11-19-16(17)18-8-6-2/h5,9-10H,1,6-8,11H2,2-4H3,(H3,17,18,19). The molecule has 0 aromatic heterocycles. The van der Waals surface area contributed by atoms with Crippen molar-refractivity contribution in [2.24, 2.45) is 10.7 Å². The van der Waals surface area contributed by atoms with Crippen molar-refractivity contribution >= 4 is 5.96 Å². The lowest BCUT2D eigenvalue weighted by atomic mass is 10.1. The molecule has 0 radical (unpaired) electrons. The van der Waals surface area contributed by atoms with Gasteiger partial charge in [0.15, 0.2) is 17.5 Å². The Morgan fingerprint density at radius 1 is 1.38 bits per heavy atom. The third kappa shape index (κ3) is 5.02. The quantitative estimate of drug-likeness (QED) is 0.438. The van der Waals surface area contributed by atoms with Crippen LogP contribution in [-0.2, 0) is 13.0 Å². The number of nitrogens with zero attached hydrogens (tertiary/aromatic N) is 1. The van der Waals surface area contributed by atoms with Gasteiger partial charge in [-0.2, -0.15) is 0 Å². The summed E-state index contributed by atoms with van der Waals surface area (Å²) in [5.74, 6) is 1.89. The average Bonchev–Trinajstić information content (AvgIpc) is 2.50. The molecule has 1 aromatic carbocycles. The van der Waals surface area contributed by atoms with E-state index in [2.05, 4.69) is 23.8 Å². The molecule has 0 atom stereocenters. The van der Waals surface area contributed by atoms with E-state index in [-0.39, 0.29) is 0 Å². The maximum Gasteiger partial charge on any atom is 0.188 e. The number of methoxy groups -OCH3 is 2. The number of aliphatic imine (C=N–C) groups is 1. The molecule has 3 N–H and O–H groups in total. The molecule has 0 unspecified atom stereocenters. The Kier molecular flexibility index (Phi) is 7.15. The van der Waals surface area contributed by atoms with E-state index in [4.69, 9.17) is 15.2 Å². The van der Waals surface area contributed by atoms with E-state index in [0.29, 0.717) is 24.7 Å². The van der Waals surface area contributed by atoms with Gasteiger partial charge < -0.3 is 20.5 Å². The van der Waals surface area contributed by atoms with Crippen molar-refractivity contribution in [1.29, 1.82) is 0 Å². The monoisotopic (exact) mass is 291 g/mol. The summed E-state index contributed by atoms with van der Waals surface area (Å²) in [6.45, 7) is 7.17. The molecule has 0 bridgehead atoms. The number of nitrogens with one attached hydrogen (secondary N) is 1. The molecule has 116 valence electrons. The third-order valence-corrected chi connectivity index (χ3v) is 2.97. The van der Waals surface area contributed by atoms with Gasteiger partial charge in [0, 0.05) is 12.1 Å². The zero-order valence-electron chi connectivity index (χ0n) is 13.1. The lowest BCUT2D eigenvalue weighted by Crippen LogP contribution is -2.32. The van der Waals surface area contributed by atoms with Crippen LogP contribution in [0.4, 0.5) is 0 Å². The van der Waals surface area contributed by atoms with Gasteiger partial charge in [0.1, 0.15) is 0 Å². The van der Waals surface area contributed by atoms with Crippen LogP contribution in [0.5, 0.6) is 11.5 Å². The number of hydrogen-bond acceptors (Lipinski definition) is 3. The maximum atomic E-state index is 5.80. The SMILES string of the molecule is C=CCc1cc(CN=C(N)NCCC)cc(OC)c1OC. The highest BCUT2D eigenvalue weighted by molar-refractivity contribution is 5.77. The molecule has 1 rings (SSSR count). The van der Waals surface area contributed by atoms with Crippen LogP contribution >= 0.6 is 0 Å². The normalized spacial score (nSPS) is 11.1. The van der Waals surface area contributed by atoms with Crippen molar-refractivity contribution < 1.29 is 9.47 Å². The van der Waals surface area contributed by atoms with E-state index in [9.17, 15) is 0 Å². The summed E-state index contributed by atoms with van der Waals surface area (Å²) in [6.07, 6.45) is 3.55. The highest BCUT2D eigenvalue weighted by Gasteiger charge is 2.11. The molecule has 0 aliphatic rings. The van der Waals surface area contributed by atoms with E-state index in [1.807, 2.05) is 18.2 Å². The molecule has 21 heavy (non-hydrogen) atoms. The molecule has 0 amide bonds. The minimum atomic E-state index is 0.455. The molecule has 5 heteroatoms. The number of rotatable bonds is 8. The maximum absolute atomic E-state index is 5.80. The van der Waals surface area contributed by atoms with Gasteiger partial charge in [-0.3, -0.25) is 0 Å². The number of allylic oxidation sites excluding steroid dienone is 1. The Labute approximate surface area is 126 Å². The molecule has 0 aliphatic heterocycles. The van der Waals surface area contributed by atoms with E-state index in [0.717, 1.165) is 29.8 Å². The molecule has 1 aromatic rings. The van der Waals surface area contributed by atoms with Gasteiger partial charge in [-0.15, -0.1) is 6.58 Å². The Morgan fingerprint density at radius 3 is 2.71 bits per heavy atom. The predicted octanol–water partition coefficient (Wildman–Crippen LogP) is 2.25. The summed E-state index contributed by atoms with van der Waals surface area (Å²) < 4.78 is 10.8. The molecule has 5 nitrogen and oxygen atoms in total. The predicted molar refractivity (Wildman–Crippen MR) is 87.1 cm³/mol. The fourth-order valence-corrected chi connectivity index (χ4v) is 1.99. The zero-order chi connectivity index (χ0) is 15.7. The molecule has 0 aliphatic carbocycles. The fourth-order valence-electron chi connectivity index (χ4n) is 1.99. The van der Waals surface area contributed by atoms with Gasteiger partial charge in [0.25, 0.3) is 0 Å². The topological polar surface area (TPSA) is 68.9 Å². The summed E-state index contributed by atoms with van der Waals surface area (Å²) in [5, 5.41) is 3.05. The minimum absolute atomic E-state index is 0.455. The van der Waals surface area contributed by atoms with Gasteiger partial charge in [-0.25, -0.2) is 4.99 Å². The van der Waals surface area contributed by atoms with Crippen LogP contribution < -0.4 is 20.5 Å². The van der Waals surface area contributed by atoms with Crippen LogP contribution in [0.2, 0.25) is 0 Å². The van der Waals surface area contributed by atoms with Crippen LogP contribution in [-0.4, -0.2) is 26.7 Å². The fraction of sp³-hybridized carbons (Fsp3) is 0.438. The Morgan fingerprint density at radius 2 is 2.14 bits per heavy atom. The smallest absolute Gasteiger partial charge is 0.188 e. The van der Waals surface area contributed by atoms with E-state index in [1.165, 1.54) is 0 Å². The number of guanidine groups is 1. The summed E-state index contributed by atoms with van der Waals surface area (Å²) in [5.41, 5.74) is 7.84. The summed E-state index contributed by atoms with van der Waals surface area (Å²) in [7, 11) is 3.26. The number of nitrogens with two attached hydrogens (primary N) is 1. The van der Waals surface area contributed by atoms with Gasteiger partial charge in [-0.05, 0) is 30.5 Å². The van der Waals surface area contributed by atoms with Crippen molar-refractivity contribution in [3.63, 3.8) is 0 Å². The van der Waals surface area contributed by atoms with Crippen molar-refractivity contribution in [1.82, 2.24) is 5.32 Å². The minimum Gasteiger partial charge on any atom is -0.493 e. The molecular formula is C16H25N3O2. The van der Waals surface area contributed by atoms with Crippen molar-refractivity contribution in [2.75, 3.05) is 20.8 Å². The lowest BCUT2D eigenvalue weighted by Gasteiger charge is -2.14. The summed E-state index contributed by atoms with van der Waals surface area (Å²) in [4.78, 5) is 4.33. The first kappa shape index (κ1) is 16.9. The summed E-state index contributed by atoms with van der Waals surface area (Å²) >= 11 is 0. The largest absolute Gasteiger partial charge is 0.493 e. The zero-order valence-corrected chi connectivity index (χ0v) is 13.1. The second-order valence-corrected chi connectivity index (χ2v) is 4.61. The Hall–Kier alpha value is -2.17. The second kappa shape index (κ2) is 8.89. The molecule has 0 spiro atoms. The molecule has 0 saturated carbocycles. The van der Waals surface area contributed by atoms with Gasteiger partial charge in [0.05, 0.1) is 20.8 Å². The van der Waals surface area contributed by atoms with Gasteiger partial charge in [-0.1, -0.05) is 13.0 Å².